The van der Waals surface area contributed by atoms with E-state index < -0.39 is 17.9 Å². The van der Waals surface area contributed by atoms with Crippen LogP contribution in [0.2, 0.25) is 0 Å². The zero-order chi connectivity index (χ0) is 14.3. The van der Waals surface area contributed by atoms with E-state index in [1.54, 1.807) is 6.92 Å². The molecule has 0 amide bonds. The van der Waals surface area contributed by atoms with Crippen molar-refractivity contribution in [3.8, 4) is 0 Å². The Morgan fingerprint density at radius 2 is 1.74 bits per heavy atom. The predicted molar refractivity (Wildman–Crippen MR) is 72.1 cm³/mol. The van der Waals surface area contributed by atoms with E-state index in [-0.39, 0.29) is 6.42 Å². The van der Waals surface area contributed by atoms with Crippen LogP contribution >= 0.6 is 0 Å². The Balaban J connectivity index is 2.60. The first-order valence-electron chi connectivity index (χ1n) is 7.19. The van der Waals surface area contributed by atoms with Crippen molar-refractivity contribution in [2.75, 3.05) is 13.1 Å². The Morgan fingerprint density at radius 1 is 1.16 bits per heavy atom. The summed E-state index contributed by atoms with van der Waals surface area (Å²) in [7, 11) is 0. The molecule has 0 aromatic carbocycles. The van der Waals surface area contributed by atoms with Gasteiger partial charge in [0.05, 0.1) is 12.3 Å². The van der Waals surface area contributed by atoms with Crippen molar-refractivity contribution in [3.63, 3.8) is 0 Å². The van der Waals surface area contributed by atoms with Crippen LogP contribution in [0.4, 0.5) is 0 Å². The minimum Gasteiger partial charge on any atom is -0.481 e. The third-order valence-corrected chi connectivity index (χ3v) is 3.88. The molecule has 0 aromatic heterocycles. The van der Waals surface area contributed by atoms with Gasteiger partial charge in [-0.1, -0.05) is 32.6 Å². The van der Waals surface area contributed by atoms with Gasteiger partial charge in [-0.2, -0.15) is 0 Å². The SMILES string of the molecule is CC(CN(CCC(=O)O)C1CCCCCC1)C(=O)O. The van der Waals surface area contributed by atoms with Crippen LogP contribution in [-0.4, -0.2) is 46.2 Å². The zero-order valence-electron chi connectivity index (χ0n) is 11.7. The van der Waals surface area contributed by atoms with Crippen LogP contribution in [0.25, 0.3) is 0 Å². The average Bonchev–Trinajstić information content (AvgIpc) is 2.62. The molecule has 110 valence electrons. The highest BCUT2D eigenvalue weighted by atomic mass is 16.4. The van der Waals surface area contributed by atoms with Crippen LogP contribution in [0.15, 0.2) is 0 Å². The van der Waals surface area contributed by atoms with E-state index in [0.29, 0.717) is 19.1 Å². The second kappa shape index (κ2) is 8.15. The number of nitrogens with zero attached hydrogens (tertiary/aromatic N) is 1. The van der Waals surface area contributed by atoms with E-state index >= 15 is 0 Å². The van der Waals surface area contributed by atoms with E-state index in [4.69, 9.17) is 10.2 Å². The molecule has 0 aromatic rings. The van der Waals surface area contributed by atoms with Gasteiger partial charge in [0, 0.05) is 19.1 Å². The summed E-state index contributed by atoms with van der Waals surface area (Å²) in [5, 5.41) is 17.8. The average molecular weight is 271 g/mol. The van der Waals surface area contributed by atoms with Gasteiger partial charge in [0.2, 0.25) is 0 Å². The number of hydrogen-bond acceptors (Lipinski definition) is 3. The first-order valence-corrected chi connectivity index (χ1v) is 7.19. The molecule has 5 heteroatoms. The van der Waals surface area contributed by atoms with Gasteiger partial charge in [-0.15, -0.1) is 0 Å². The maximum absolute atomic E-state index is 11.0. The van der Waals surface area contributed by atoms with Gasteiger partial charge in [-0.3, -0.25) is 14.5 Å². The first kappa shape index (κ1) is 16.0. The Labute approximate surface area is 114 Å². The monoisotopic (exact) mass is 271 g/mol. The molecule has 0 bridgehead atoms. The molecular weight excluding hydrogens is 246 g/mol. The standard InChI is InChI=1S/C14H25NO4/c1-11(14(18)19)10-15(9-8-13(16)17)12-6-4-2-3-5-7-12/h11-12H,2-10H2,1H3,(H,16,17)(H,18,19). The summed E-state index contributed by atoms with van der Waals surface area (Å²) in [6.07, 6.45) is 7.00. The first-order chi connectivity index (χ1) is 9.00. The van der Waals surface area contributed by atoms with Gasteiger partial charge >= 0.3 is 11.9 Å². The third-order valence-electron chi connectivity index (χ3n) is 3.88. The minimum atomic E-state index is -0.818. The highest BCUT2D eigenvalue weighted by Crippen LogP contribution is 2.23. The summed E-state index contributed by atoms with van der Waals surface area (Å²) < 4.78 is 0. The van der Waals surface area contributed by atoms with Crippen LogP contribution in [0, 0.1) is 5.92 Å². The predicted octanol–water partition coefficient (Wildman–Crippen LogP) is 2.21. The summed E-state index contributed by atoms with van der Waals surface area (Å²) in [6.45, 7) is 2.59. The lowest BCUT2D eigenvalue weighted by molar-refractivity contribution is -0.142. The second-order valence-electron chi connectivity index (χ2n) is 5.52. The van der Waals surface area contributed by atoms with Crippen molar-refractivity contribution in [2.45, 2.75) is 57.9 Å². The topological polar surface area (TPSA) is 77.8 Å². The molecule has 1 saturated carbocycles. The maximum atomic E-state index is 11.0. The molecule has 19 heavy (non-hydrogen) atoms. The third kappa shape index (κ3) is 6.05. The molecule has 1 aliphatic carbocycles. The minimum absolute atomic E-state index is 0.0861. The molecule has 5 nitrogen and oxygen atoms in total. The maximum Gasteiger partial charge on any atom is 0.307 e. The molecule has 0 radical (unpaired) electrons. The van der Waals surface area contributed by atoms with E-state index in [9.17, 15) is 9.59 Å². The Kier molecular flexibility index (Phi) is 6.84. The summed E-state index contributed by atoms with van der Waals surface area (Å²) >= 11 is 0. The fourth-order valence-corrected chi connectivity index (χ4v) is 2.72. The number of carboxylic acid groups (broad SMARTS) is 2. The van der Waals surface area contributed by atoms with Gasteiger partial charge in [0.15, 0.2) is 0 Å². The van der Waals surface area contributed by atoms with Gasteiger partial charge in [-0.25, -0.2) is 0 Å². The molecule has 0 spiro atoms. The molecule has 1 atom stereocenters. The summed E-state index contributed by atoms with van der Waals surface area (Å²) in [6, 6.07) is 0.351. The molecule has 1 rings (SSSR count). The van der Waals surface area contributed by atoms with Gasteiger partial charge in [-0.05, 0) is 12.8 Å². The zero-order valence-corrected chi connectivity index (χ0v) is 11.7. The van der Waals surface area contributed by atoms with E-state index in [2.05, 4.69) is 4.90 Å². The Bertz CT molecular complexity index is 298. The van der Waals surface area contributed by atoms with E-state index in [1.807, 2.05) is 0 Å². The number of hydrogen-bond donors (Lipinski definition) is 2. The Hall–Kier alpha value is -1.10. The number of carbonyl (C=O) groups is 2. The highest BCUT2D eigenvalue weighted by molar-refractivity contribution is 5.69. The number of aliphatic carboxylic acids is 2. The van der Waals surface area contributed by atoms with Crippen LogP contribution in [0.3, 0.4) is 0 Å². The lowest BCUT2D eigenvalue weighted by atomic mass is 10.0. The number of rotatable bonds is 7. The molecule has 0 aliphatic heterocycles. The Morgan fingerprint density at radius 3 is 2.21 bits per heavy atom. The molecule has 1 fully saturated rings. The lowest BCUT2D eigenvalue weighted by Gasteiger charge is -2.32. The van der Waals surface area contributed by atoms with Crippen LogP contribution < -0.4 is 0 Å². The van der Waals surface area contributed by atoms with Gasteiger partial charge < -0.3 is 10.2 Å². The molecule has 1 aliphatic rings. The summed E-state index contributed by atoms with van der Waals surface area (Å²) in [5.41, 5.74) is 0. The fraction of sp³-hybridized carbons (Fsp3) is 0.857. The van der Waals surface area contributed by atoms with Crippen molar-refractivity contribution >= 4 is 11.9 Å². The second-order valence-corrected chi connectivity index (χ2v) is 5.52. The van der Waals surface area contributed by atoms with Crippen LogP contribution in [0.1, 0.15) is 51.9 Å². The van der Waals surface area contributed by atoms with Crippen molar-refractivity contribution in [2.24, 2.45) is 5.92 Å². The van der Waals surface area contributed by atoms with Crippen molar-refractivity contribution in [3.05, 3.63) is 0 Å². The van der Waals surface area contributed by atoms with Crippen molar-refractivity contribution in [1.29, 1.82) is 0 Å². The summed E-state index contributed by atoms with van der Waals surface area (Å²) in [5.74, 6) is -2.08. The normalized spacial score (nSPS) is 19.1. The smallest absolute Gasteiger partial charge is 0.307 e. The largest absolute Gasteiger partial charge is 0.481 e. The van der Waals surface area contributed by atoms with Crippen molar-refractivity contribution < 1.29 is 19.8 Å². The number of carboxylic acids is 2. The van der Waals surface area contributed by atoms with Crippen molar-refractivity contribution in [1.82, 2.24) is 4.90 Å². The van der Waals surface area contributed by atoms with Gasteiger partial charge in [0.1, 0.15) is 0 Å². The molecule has 0 saturated heterocycles. The molecule has 0 heterocycles. The molecular formula is C14H25NO4. The van der Waals surface area contributed by atoms with Gasteiger partial charge in [0.25, 0.3) is 0 Å². The fourth-order valence-electron chi connectivity index (χ4n) is 2.72. The quantitative estimate of drug-likeness (QED) is 0.694. The van der Waals surface area contributed by atoms with Crippen LogP contribution in [0.5, 0.6) is 0 Å². The lowest BCUT2D eigenvalue weighted by Crippen LogP contribution is -2.41. The molecule has 2 N–H and O–H groups in total. The summed E-state index contributed by atoms with van der Waals surface area (Å²) in [4.78, 5) is 23.8. The molecule has 1 unspecified atom stereocenters. The van der Waals surface area contributed by atoms with E-state index in [0.717, 1.165) is 25.7 Å². The highest BCUT2D eigenvalue weighted by Gasteiger charge is 2.24. The van der Waals surface area contributed by atoms with E-state index in [1.165, 1.54) is 12.8 Å². The van der Waals surface area contributed by atoms with Crippen LogP contribution in [-0.2, 0) is 9.59 Å².